The molecule has 2 aromatic rings. The number of nitrogens with one attached hydrogen (secondary N) is 1. The lowest BCUT2D eigenvalue weighted by Gasteiger charge is -2.21. The van der Waals surface area contributed by atoms with E-state index in [4.69, 9.17) is 11.6 Å². The van der Waals surface area contributed by atoms with Crippen molar-refractivity contribution in [1.29, 1.82) is 0 Å². The molecule has 0 fully saturated rings. The molecule has 0 aliphatic carbocycles. The summed E-state index contributed by atoms with van der Waals surface area (Å²) in [5, 5.41) is 7.58. The molecule has 0 saturated heterocycles. The molecule has 1 aromatic heterocycles. The third-order valence-electron chi connectivity index (χ3n) is 3.49. The number of rotatable bonds is 2. The molecule has 2 heterocycles. The van der Waals surface area contributed by atoms with Crippen LogP contribution in [-0.2, 0) is 4.79 Å². The number of fused-ring (bicyclic) bond motifs is 1. The van der Waals surface area contributed by atoms with Crippen molar-refractivity contribution in [2.75, 3.05) is 5.32 Å². The monoisotopic (exact) mass is 303 g/mol. The maximum Gasteiger partial charge on any atom is 0.265 e. The first-order valence-corrected chi connectivity index (χ1v) is 7.05. The van der Waals surface area contributed by atoms with Gasteiger partial charge in [-0.3, -0.25) is 9.59 Å². The van der Waals surface area contributed by atoms with Gasteiger partial charge in [0.25, 0.3) is 5.91 Å². The normalized spacial score (nSPS) is 17.8. The number of carbonyl (C=O) groups excluding carboxylic acids is 2. The summed E-state index contributed by atoms with van der Waals surface area (Å²) in [6.45, 7) is 3.97. The van der Waals surface area contributed by atoms with Crippen LogP contribution in [0.25, 0.3) is 0 Å². The molecule has 0 bridgehead atoms. The highest BCUT2D eigenvalue weighted by atomic mass is 35.5. The SMILES string of the molecule is CC(C)c1cc2n(n1)C(=O)C(c1ccc(Cl)cc1)C(=O)N2. The van der Waals surface area contributed by atoms with Crippen LogP contribution in [-0.4, -0.2) is 21.6 Å². The highest BCUT2D eigenvalue weighted by molar-refractivity contribution is 6.30. The first-order chi connectivity index (χ1) is 9.97. The van der Waals surface area contributed by atoms with Crippen LogP contribution in [0.1, 0.15) is 41.7 Å². The third kappa shape index (κ3) is 2.34. The Bertz CT molecular complexity index is 719. The second kappa shape index (κ2) is 5.00. The smallest absolute Gasteiger partial charge is 0.265 e. The Hall–Kier alpha value is -2.14. The molecular weight excluding hydrogens is 290 g/mol. The topological polar surface area (TPSA) is 64.0 Å². The van der Waals surface area contributed by atoms with Crippen LogP contribution in [0.5, 0.6) is 0 Å². The number of aromatic nitrogens is 2. The Balaban J connectivity index is 2.02. The molecule has 1 atom stereocenters. The molecule has 3 rings (SSSR count). The van der Waals surface area contributed by atoms with E-state index >= 15 is 0 Å². The van der Waals surface area contributed by atoms with Gasteiger partial charge in [-0.2, -0.15) is 9.78 Å². The van der Waals surface area contributed by atoms with Gasteiger partial charge in [-0.1, -0.05) is 37.6 Å². The van der Waals surface area contributed by atoms with Gasteiger partial charge in [0.05, 0.1) is 5.69 Å². The van der Waals surface area contributed by atoms with Gasteiger partial charge in [0.1, 0.15) is 11.7 Å². The summed E-state index contributed by atoms with van der Waals surface area (Å²) in [7, 11) is 0. The van der Waals surface area contributed by atoms with Crippen molar-refractivity contribution < 1.29 is 9.59 Å². The van der Waals surface area contributed by atoms with Gasteiger partial charge in [-0.15, -0.1) is 0 Å². The Morgan fingerprint density at radius 3 is 2.52 bits per heavy atom. The molecule has 1 unspecified atom stereocenters. The third-order valence-corrected chi connectivity index (χ3v) is 3.74. The number of hydrogen-bond donors (Lipinski definition) is 1. The standard InChI is InChI=1S/C15H14ClN3O2/c1-8(2)11-7-12-17-14(20)13(15(21)19(12)18-11)9-3-5-10(16)6-4-9/h3-8,13H,1-2H3,(H,17,20). The second-order valence-electron chi connectivity index (χ2n) is 5.33. The molecule has 6 heteroatoms. The molecule has 5 nitrogen and oxygen atoms in total. The Morgan fingerprint density at radius 1 is 1.24 bits per heavy atom. The predicted octanol–water partition coefficient (Wildman–Crippen LogP) is 3.04. The van der Waals surface area contributed by atoms with Crippen LogP contribution in [0.4, 0.5) is 5.82 Å². The van der Waals surface area contributed by atoms with Gasteiger partial charge < -0.3 is 5.32 Å². The Labute approximate surface area is 126 Å². The number of amides is 1. The lowest BCUT2D eigenvalue weighted by atomic mass is 9.96. The van der Waals surface area contributed by atoms with E-state index in [2.05, 4.69) is 10.4 Å². The molecular formula is C15H14ClN3O2. The summed E-state index contributed by atoms with van der Waals surface area (Å²) >= 11 is 5.84. The molecule has 0 spiro atoms. The minimum atomic E-state index is -0.894. The maximum atomic E-state index is 12.6. The minimum absolute atomic E-state index is 0.182. The van der Waals surface area contributed by atoms with E-state index in [0.29, 0.717) is 16.4 Å². The van der Waals surface area contributed by atoms with E-state index in [9.17, 15) is 9.59 Å². The van der Waals surface area contributed by atoms with Gasteiger partial charge in [0, 0.05) is 11.1 Å². The van der Waals surface area contributed by atoms with Crippen molar-refractivity contribution in [3.05, 3.63) is 46.6 Å². The van der Waals surface area contributed by atoms with Crippen molar-refractivity contribution in [2.45, 2.75) is 25.7 Å². The van der Waals surface area contributed by atoms with Crippen LogP contribution in [0.3, 0.4) is 0 Å². The second-order valence-corrected chi connectivity index (χ2v) is 5.77. The van der Waals surface area contributed by atoms with Crippen molar-refractivity contribution in [1.82, 2.24) is 9.78 Å². The van der Waals surface area contributed by atoms with E-state index < -0.39 is 5.92 Å². The molecule has 0 radical (unpaired) electrons. The fourth-order valence-electron chi connectivity index (χ4n) is 2.32. The lowest BCUT2D eigenvalue weighted by Crippen LogP contribution is -2.38. The number of halogens is 1. The lowest BCUT2D eigenvalue weighted by molar-refractivity contribution is -0.117. The number of anilines is 1. The minimum Gasteiger partial charge on any atom is -0.309 e. The molecule has 0 saturated carbocycles. The van der Waals surface area contributed by atoms with E-state index in [-0.39, 0.29) is 17.7 Å². The summed E-state index contributed by atoms with van der Waals surface area (Å²) < 4.78 is 1.27. The zero-order valence-corrected chi connectivity index (χ0v) is 12.4. The van der Waals surface area contributed by atoms with Crippen molar-refractivity contribution in [2.24, 2.45) is 0 Å². The summed E-state index contributed by atoms with van der Waals surface area (Å²) in [5.74, 6) is -0.969. The average molecular weight is 304 g/mol. The maximum absolute atomic E-state index is 12.6. The molecule has 1 N–H and O–H groups in total. The van der Waals surface area contributed by atoms with E-state index in [1.165, 1.54) is 4.68 Å². The Morgan fingerprint density at radius 2 is 1.90 bits per heavy atom. The van der Waals surface area contributed by atoms with Crippen LogP contribution in [0, 0.1) is 0 Å². The van der Waals surface area contributed by atoms with Gasteiger partial charge in [0.15, 0.2) is 0 Å². The van der Waals surface area contributed by atoms with Crippen molar-refractivity contribution in [3.8, 4) is 0 Å². The predicted molar refractivity (Wildman–Crippen MR) is 79.8 cm³/mol. The molecule has 21 heavy (non-hydrogen) atoms. The molecule has 1 amide bonds. The Kier molecular flexibility index (Phi) is 3.29. The van der Waals surface area contributed by atoms with Crippen LogP contribution in [0.15, 0.2) is 30.3 Å². The number of benzene rings is 1. The summed E-state index contributed by atoms with van der Waals surface area (Å²) in [4.78, 5) is 24.8. The molecule has 108 valence electrons. The van der Waals surface area contributed by atoms with E-state index in [1.807, 2.05) is 13.8 Å². The van der Waals surface area contributed by atoms with Gasteiger partial charge >= 0.3 is 0 Å². The zero-order chi connectivity index (χ0) is 15.1. The quantitative estimate of drug-likeness (QED) is 0.867. The van der Waals surface area contributed by atoms with Crippen molar-refractivity contribution in [3.63, 3.8) is 0 Å². The van der Waals surface area contributed by atoms with Crippen LogP contribution in [0.2, 0.25) is 5.02 Å². The molecule has 1 aliphatic heterocycles. The first kappa shape index (κ1) is 13.8. The van der Waals surface area contributed by atoms with Gasteiger partial charge in [-0.05, 0) is 23.6 Å². The first-order valence-electron chi connectivity index (χ1n) is 6.68. The number of carbonyl (C=O) groups is 2. The number of hydrogen-bond acceptors (Lipinski definition) is 3. The van der Waals surface area contributed by atoms with Crippen molar-refractivity contribution >= 4 is 29.2 Å². The number of nitrogens with zero attached hydrogens (tertiary/aromatic N) is 2. The van der Waals surface area contributed by atoms with E-state index in [0.717, 1.165) is 5.69 Å². The van der Waals surface area contributed by atoms with Gasteiger partial charge in [-0.25, -0.2) is 0 Å². The van der Waals surface area contributed by atoms with Crippen LogP contribution >= 0.6 is 11.6 Å². The molecule has 1 aromatic carbocycles. The van der Waals surface area contributed by atoms with E-state index in [1.54, 1.807) is 30.3 Å². The highest BCUT2D eigenvalue weighted by Crippen LogP contribution is 2.29. The largest absolute Gasteiger partial charge is 0.309 e. The van der Waals surface area contributed by atoms with Gasteiger partial charge in [0.2, 0.25) is 5.91 Å². The fraction of sp³-hybridized carbons (Fsp3) is 0.267. The summed E-state index contributed by atoms with van der Waals surface area (Å²) in [5.41, 5.74) is 1.38. The summed E-state index contributed by atoms with van der Waals surface area (Å²) in [6.07, 6.45) is 0. The fourth-order valence-corrected chi connectivity index (χ4v) is 2.45. The highest BCUT2D eigenvalue weighted by Gasteiger charge is 2.36. The average Bonchev–Trinajstić information content (AvgIpc) is 2.85. The molecule has 1 aliphatic rings. The summed E-state index contributed by atoms with van der Waals surface area (Å²) in [6, 6.07) is 8.43. The van der Waals surface area contributed by atoms with Crippen LogP contribution < -0.4 is 5.32 Å². The zero-order valence-electron chi connectivity index (χ0n) is 11.6.